The molecular weight excluding hydrogens is 264 g/mol. The molecule has 0 bridgehead atoms. The lowest BCUT2D eigenvalue weighted by atomic mass is 10.2. The van der Waals surface area contributed by atoms with E-state index in [9.17, 15) is 0 Å². The van der Waals surface area contributed by atoms with Gasteiger partial charge in [0, 0.05) is 18.8 Å². The Kier molecular flexibility index (Phi) is 3.68. The van der Waals surface area contributed by atoms with Crippen LogP contribution in [-0.2, 0) is 7.05 Å². The Morgan fingerprint density at radius 2 is 2.00 bits per heavy atom. The van der Waals surface area contributed by atoms with Crippen LogP contribution in [-0.4, -0.2) is 26.0 Å². The molecule has 0 saturated heterocycles. The number of hydrogen-bond donors (Lipinski definition) is 1. The normalized spacial score (nSPS) is 10.9. The van der Waals surface area contributed by atoms with Crippen LogP contribution >= 0.6 is 0 Å². The number of benzene rings is 1. The van der Waals surface area contributed by atoms with Crippen LogP contribution in [0.5, 0.6) is 0 Å². The lowest BCUT2D eigenvalue weighted by Crippen LogP contribution is -2.01. The van der Waals surface area contributed by atoms with E-state index in [1.807, 2.05) is 60.3 Å². The molecule has 3 aromatic rings. The minimum absolute atomic E-state index is 0.363. The zero-order chi connectivity index (χ0) is 14.5. The van der Waals surface area contributed by atoms with Crippen LogP contribution in [0, 0.1) is 0 Å². The van der Waals surface area contributed by atoms with Crippen LogP contribution in [0.15, 0.2) is 60.0 Å². The van der Waals surface area contributed by atoms with Gasteiger partial charge < -0.3 is 4.57 Å². The Hall–Kier alpha value is -3.02. The summed E-state index contributed by atoms with van der Waals surface area (Å²) in [6, 6.07) is 13.7. The fraction of sp³-hybridized carbons (Fsp3) is 0.0667. The average Bonchev–Trinajstić information content (AvgIpc) is 2.94. The maximum Gasteiger partial charge on any atom is 0.263 e. The highest BCUT2D eigenvalue weighted by molar-refractivity contribution is 5.78. The SMILES string of the molecule is Cn1cccc1C=NNc1nncc(-c2ccccc2)n1. The number of hydrogen-bond acceptors (Lipinski definition) is 5. The summed E-state index contributed by atoms with van der Waals surface area (Å²) < 4.78 is 1.96. The summed E-state index contributed by atoms with van der Waals surface area (Å²) in [5.74, 6) is 0.363. The first-order valence-corrected chi connectivity index (χ1v) is 6.48. The molecule has 3 rings (SSSR count). The van der Waals surface area contributed by atoms with Gasteiger partial charge in [-0.05, 0) is 12.1 Å². The van der Waals surface area contributed by atoms with E-state index < -0.39 is 0 Å². The fourth-order valence-electron chi connectivity index (χ4n) is 1.86. The van der Waals surface area contributed by atoms with E-state index >= 15 is 0 Å². The summed E-state index contributed by atoms with van der Waals surface area (Å²) >= 11 is 0. The first-order chi connectivity index (χ1) is 10.3. The van der Waals surface area contributed by atoms with Gasteiger partial charge >= 0.3 is 0 Å². The number of rotatable bonds is 4. The molecule has 0 unspecified atom stereocenters. The second kappa shape index (κ2) is 5.96. The van der Waals surface area contributed by atoms with E-state index in [1.165, 1.54) is 0 Å². The highest BCUT2D eigenvalue weighted by Crippen LogP contribution is 2.15. The third kappa shape index (κ3) is 3.11. The quantitative estimate of drug-likeness (QED) is 0.587. The fourth-order valence-corrected chi connectivity index (χ4v) is 1.86. The molecule has 6 heteroatoms. The van der Waals surface area contributed by atoms with E-state index in [2.05, 4.69) is 25.7 Å². The molecule has 104 valence electrons. The van der Waals surface area contributed by atoms with E-state index in [0.717, 1.165) is 17.0 Å². The van der Waals surface area contributed by atoms with Crippen molar-refractivity contribution in [1.29, 1.82) is 0 Å². The molecular formula is C15H14N6. The third-order valence-corrected chi connectivity index (χ3v) is 2.97. The van der Waals surface area contributed by atoms with E-state index in [4.69, 9.17) is 0 Å². The molecule has 0 saturated carbocycles. The maximum atomic E-state index is 4.38. The Bertz CT molecular complexity index is 748. The predicted octanol–water partition coefficient (Wildman–Crippen LogP) is 2.32. The van der Waals surface area contributed by atoms with E-state index in [-0.39, 0.29) is 0 Å². The summed E-state index contributed by atoms with van der Waals surface area (Å²) in [5, 5.41) is 12.0. The number of aryl methyl sites for hydroxylation is 1. The van der Waals surface area contributed by atoms with Gasteiger partial charge in [-0.15, -0.1) is 5.10 Å². The van der Waals surface area contributed by atoms with E-state index in [1.54, 1.807) is 12.4 Å². The van der Waals surface area contributed by atoms with Gasteiger partial charge in [0.05, 0.1) is 23.8 Å². The van der Waals surface area contributed by atoms with Crippen molar-refractivity contribution in [2.75, 3.05) is 5.43 Å². The molecule has 1 N–H and O–H groups in total. The lowest BCUT2D eigenvalue weighted by Gasteiger charge is -2.02. The average molecular weight is 278 g/mol. The summed E-state index contributed by atoms with van der Waals surface area (Å²) in [4.78, 5) is 4.38. The third-order valence-electron chi connectivity index (χ3n) is 2.97. The second-order valence-corrected chi connectivity index (χ2v) is 4.45. The summed E-state index contributed by atoms with van der Waals surface area (Å²) in [7, 11) is 1.95. The van der Waals surface area contributed by atoms with Gasteiger partial charge in [0.15, 0.2) is 0 Å². The van der Waals surface area contributed by atoms with Crippen molar-refractivity contribution in [2.24, 2.45) is 12.1 Å². The van der Waals surface area contributed by atoms with Crippen molar-refractivity contribution < 1.29 is 0 Å². The molecule has 2 heterocycles. The minimum Gasteiger partial charge on any atom is -0.350 e. The topological polar surface area (TPSA) is 68.0 Å². The smallest absolute Gasteiger partial charge is 0.263 e. The highest BCUT2D eigenvalue weighted by Gasteiger charge is 2.01. The molecule has 2 aromatic heterocycles. The first-order valence-electron chi connectivity index (χ1n) is 6.48. The van der Waals surface area contributed by atoms with Crippen molar-refractivity contribution in [3.05, 3.63) is 60.6 Å². The second-order valence-electron chi connectivity index (χ2n) is 4.45. The molecule has 0 amide bonds. The van der Waals surface area contributed by atoms with Gasteiger partial charge in [0.1, 0.15) is 0 Å². The molecule has 0 radical (unpaired) electrons. The Labute approximate surface area is 122 Å². The molecule has 0 aliphatic heterocycles. The number of hydrazone groups is 1. The predicted molar refractivity (Wildman–Crippen MR) is 81.9 cm³/mol. The molecule has 0 fully saturated rings. The van der Waals surface area contributed by atoms with Crippen molar-refractivity contribution in [3.63, 3.8) is 0 Å². The van der Waals surface area contributed by atoms with Gasteiger partial charge in [-0.1, -0.05) is 30.3 Å². The molecule has 0 aliphatic rings. The van der Waals surface area contributed by atoms with Crippen molar-refractivity contribution in [2.45, 2.75) is 0 Å². The van der Waals surface area contributed by atoms with Crippen molar-refractivity contribution in [1.82, 2.24) is 19.7 Å². The molecule has 21 heavy (non-hydrogen) atoms. The van der Waals surface area contributed by atoms with Crippen molar-refractivity contribution in [3.8, 4) is 11.3 Å². The van der Waals surface area contributed by atoms with Gasteiger partial charge in [0.25, 0.3) is 5.95 Å². The zero-order valence-electron chi connectivity index (χ0n) is 11.5. The lowest BCUT2D eigenvalue weighted by molar-refractivity contribution is 0.917. The maximum absolute atomic E-state index is 4.38. The van der Waals surface area contributed by atoms with Gasteiger partial charge in [-0.2, -0.15) is 10.2 Å². The monoisotopic (exact) mass is 278 g/mol. The zero-order valence-corrected chi connectivity index (χ0v) is 11.5. The largest absolute Gasteiger partial charge is 0.350 e. The van der Waals surface area contributed by atoms with Crippen LogP contribution in [0.2, 0.25) is 0 Å². The molecule has 0 spiro atoms. The van der Waals surface area contributed by atoms with Gasteiger partial charge in [0.2, 0.25) is 0 Å². The summed E-state index contributed by atoms with van der Waals surface area (Å²) in [6.07, 6.45) is 5.29. The van der Waals surface area contributed by atoms with Crippen LogP contribution in [0.1, 0.15) is 5.69 Å². The number of nitrogens with zero attached hydrogens (tertiary/aromatic N) is 5. The minimum atomic E-state index is 0.363. The van der Waals surface area contributed by atoms with Crippen molar-refractivity contribution >= 4 is 12.2 Å². The van der Waals surface area contributed by atoms with Gasteiger partial charge in [-0.3, -0.25) is 0 Å². The number of aromatic nitrogens is 4. The first kappa shape index (κ1) is 13.0. The molecule has 6 nitrogen and oxygen atoms in total. The summed E-state index contributed by atoms with van der Waals surface area (Å²) in [5.41, 5.74) is 5.51. The van der Waals surface area contributed by atoms with Crippen LogP contribution in [0.25, 0.3) is 11.3 Å². The van der Waals surface area contributed by atoms with Crippen LogP contribution in [0.3, 0.4) is 0 Å². The Morgan fingerprint density at radius 3 is 2.76 bits per heavy atom. The van der Waals surface area contributed by atoms with E-state index in [0.29, 0.717) is 5.95 Å². The summed E-state index contributed by atoms with van der Waals surface area (Å²) in [6.45, 7) is 0. The molecule has 1 aromatic carbocycles. The van der Waals surface area contributed by atoms with Crippen LogP contribution in [0.4, 0.5) is 5.95 Å². The number of nitrogens with one attached hydrogen (secondary N) is 1. The Balaban J connectivity index is 1.75. The molecule has 0 aliphatic carbocycles. The Morgan fingerprint density at radius 1 is 1.14 bits per heavy atom. The van der Waals surface area contributed by atoms with Gasteiger partial charge in [-0.25, -0.2) is 10.4 Å². The number of anilines is 1. The highest BCUT2D eigenvalue weighted by atomic mass is 15.4. The molecule has 0 atom stereocenters. The van der Waals surface area contributed by atoms with Crippen LogP contribution < -0.4 is 5.43 Å². The standard InChI is InChI=1S/C15H14N6/c1-21-9-5-8-13(21)10-16-19-15-18-14(11-17-20-15)12-6-3-2-4-7-12/h2-11H,1H3,(H,18,19,20).